The van der Waals surface area contributed by atoms with Crippen molar-refractivity contribution in [3.05, 3.63) is 24.3 Å². The molecule has 0 saturated carbocycles. The summed E-state index contributed by atoms with van der Waals surface area (Å²) in [6.45, 7) is 4.11. The number of hydrogen-bond acceptors (Lipinski definition) is 5. The standard InChI is InChI=1S/C39H72O5/c1-3-5-7-9-11-13-15-17-19-20-22-23-25-27-29-31-33-38(41)43-36-37(35-40)44-39(42)34-32-30-28-26-24-21-18-16-14-12-10-8-6-4-2/h16,18-20,37,40H,3-15,17,21-36H2,1-2H3/b18-16-,20-19-/t37-/m0/s1. The highest BCUT2D eigenvalue weighted by Crippen LogP contribution is 2.12. The third-order valence-corrected chi connectivity index (χ3v) is 8.22. The Labute approximate surface area is 273 Å². The van der Waals surface area contributed by atoms with Crippen LogP contribution in [0.15, 0.2) is 24.3 Å². The SMILES string of the molecule is CCCCCCC/C=C\CCCCCCCC(=O)O[C@@H](CO)COC(=O)CCCCCCC/C=C\CCCCCCCCC. The first-order valence-electron chi connectivity index (χ1n) is 18.9. The number of esters is 2. The summed E-state index contributed by atoms with van der Waals surface area (Å²) < 4.78 is 10.6. The van der Waals surface area contributed by atoms with Gasteiger partial charge in [0.05, 0.1) is 6.61 Å². The number of unbranched alkanes of at least 4 members (excludes halogenated alkanes) is 22. The molecule has 5 heteroatoms. The maximum atomic E-state index is 12.1. The van der Waals surface area contributed by atoms with Gasteiger partial charge in [-0.15, -0.1) is 0 Å². The summed E-state index contributed by atoms with van der Waals surface area (Å²) in [6.07, 6.45) is 40.9. The van der Waals surface area contributed by atoms with Gasteiger partial charge in [0.25, 0.3) is 0 Å². The Kier molecular flexibility index (Phi) is 34.5. The number of aliphatic hydroxyl groups is 1. The first-order chi connectivity index (χ1) is 21.6. The van der Waals surface area contributed by atoms with Crippen LogP contribution in [0.1, 0.15) is 194 Å². The van der Waals surface area contributed by atoms with Crippen molar-refractivity contribution in [2.75, 3.05) is 13.2 Å². The van der Waals surface area contributed by atoms with Gasteiger partial charge in [-0.1, -0.05) is 141 Å². The molecule has 0 aromatic rings. The molecule has 0 spiro atoms. The lowest BCUT2D eigenvalue weighted by Gasteiger charge is -2.15. The van der Waals surface area contributed by atoms with Crippen LogP contribution in [0.2, 0.25) is 0 Å². The molecule has 258 valence electrons. The number of carbonyl (C=O) groups is 2. The number of hydrogen-bond donors (Lipinski definition) is 1. The Hall–Kier alpha value is -1.62. The van der Waals surface area contributed by atoms with Crippen LogP contribution in [0.4, 0.5) is 0 Å². The molecule has 0 aromatic carbocycles. The zero-order valence-corrected chi connectivity index (χ0v) is 29.2. The second kappa shape index (κ2) is 35.9. The van der Waals surface area contributed by atoms with Crippen molar-refractivity contribution in [3.63, 3.8) is 0 Å². The van der Waals surface area contributed by atoms with Crippen molar-refractivity contribution >= 4 is 11.9 Å². The second-order valence-electron chi connectivity index (χ2n) is 12.6. The van der Waals surface area contributed by atoms with Gasteiger partial charge in [-0.2, -0.15) is 0 Å². The van der Waals surface area contributed by atoms with Crippen molar-refractivity contribution in [1.29, 1.82) is 0 Å². The van der Waals surface area contributed by atoms with Gasteiger partial charge < -0.3 is 14.6 Å². The highest BCUT2D eigenvalue weighted by Gasteiger charge is 2.16. The van der Waals surface area contributed by atoms with E-state index in [0.717, 1.165) is 51.4 Å². The molecule has 0 aliphatic heterocycles. The Bertz CT molecular complexity index is 671. The van der Waals surface area contributed by atoms with E-state index < -0.39 is 6.10 Å². The van der Waals surface area contributed by atoms with Gasteiger partial charge in [-0.05, 0) is 64.2 Å². The summed E-state index contributed by atoms with van der Waals surface area (Å²) in [5, 5.41) is 9.53. The largest absolute Gasteiger partial charge is 0.462 e. The van der Waals surface area contributed by atoms with Gasteiger partial charge >= 0.3 is 11.9 Å². The molecule has 0 rings (SSSR count). The molecule has 0 unspecified atom stereocenters. The molecule has 5 nitrogen and oxygen atoms in total. The number of aliphatic hydroxyl groups excluding tert-OH is 1. The highest BCUT2D eigenvalue weighted by atomic mass is 16.6. The molecule has 1 atom stereocenters. The minimum Gasteiger partial charge on any atom is -0.462 e. The zero-order chi connectivity index (χ0) is 32.2. The van der Waals surface area contributed by atoms with Gasteiger partial charge in [-0.3, -0.25) is 9.59 Å². The quantitative estimate of drug-likeness (QED) is 0.0440. The fraction of sp³-hybridized carbons (Fsp3) is 0.846. The lowest BCUT2D eigenvalue weighted by atomic mass is 10.1. The zero-order valence-electron chi connectivity index (χ0n) is 29.2. The molecule has 0 saturated heterocycles. The van der Waals surface area contributed by atoms with Crippen LogP contribution in [0, 0.1) is 0 Å². The Morgan fingerprint density at radius 2 is 0.841 bits per heavy atom. The van der Waals surface area contributed by atoms with Gasteiger partial charge in [0, 0.05) is 12.8 Å². The predicted molar refractivity (Wildman–Crippen MR) is 187 cm³/mol. The Balaban J connectivity index is 3.57. The van der Waals surface area contributed by atoms with Crippen LogP contribution >= 0.6 is 0 Å². The molecule has 44 heavy (non-hydrogen) atoms. The molecule has 0 aliphatic rings. The average Bonchev–Trinajstić information content (AvgIpc) is 3.02. The summed E-state index contributed by atoms with van der Waals surface area (Å²) in [5.41, 5.74) is 0. The lowest BCUT2D eigenvalue weighted by molar-refractivity contribution is -0.161. The van der Waals surface area contributed by atoms with Crippen LogP contribution < -0.4 is 0 Å². The minimum absolute atomic E-state index is 0.0709. The molecule has 0 radical (unpaired) electrons. The van der Waals surface area contributed by atoms with Gasteiger partial charge in [0.15, 0.2) is 6.10 Å². The van der Waals surface area contributed by atoms with Crippen molar-refractivity contribution < 1.29 is 24.2 Å². The minimum atomic E-state index is -0.774. The van der Waals surface area contributed by atoms with Gasteiger partial charge in [-0.25, -0.2) is 0 Å². The third-order valence-electron chi connectivity index (χ3n) is 8.22. The fourth-order valence-electron chi connectivity index (χ4n) is 5.31. The number of rotatable bonds is 34. The van der Waals surface area contributed by atoms with Crippen LogP contribution in [0.3, 0.4) is 0 Å². The van der Waals surface area contributed by atoms with Crippen molar-refractivity contribution in [2.24, 2.45) is 0 Å². The fourth-order valence-corrected chi connectivity index (χ4v) is 5.31. The van der Waals surface area contributed by atoms with Crippen molar-refractivity contribution in [2.45, 2.75) is 200 Å². The Morgan fingerprint density at radius 3 is 1.23 bits per heavy atom. The maximum Gasteiger partial charge on any atom is 0.306 e. The van der Waals surface area contributed by atoms with Crippen molar-refractivity contribution in [3.8, 4) is 0 Å². The highest BCUT2D eigenvalue weighted by molar-refractivity contribution is 5.70. The van der Waals surface area contributed by atoms with Gasteiger partial charge in [0.2, 0.25) is 0 Å². The van der Waals surface area contributed by atoms with E-state index in [1.54, 1.807) is 0 Å². The maximum absolute atomic E-state index is 12.1. The summed E-state index contributed by atoms with van der Waals surface area (Å²) in [7, 11) is 0. The average molecular weight is 621 g/mol. The molecule has 1 N–H and O–H groups in total. The summed E-state index contributed by atoms with van der Waals surface area (Å²) >= 11 is 0. The predicted octanol–water partition coefficient (Wildman–Crippen LogP) is 11.5. The summed E-state index contributed by atoms with van der Waals surface area (Å²) in [5.74, 6) is -0.607. The molecule has 0 bridgehead atoms. The topological polar surface area (TPSA) is 72.8 Å². The molecule has 0 heterocycles. The van der Waals surface area contributed by atoms with E-state index in [-0.39, 0.29) is 25.2 Å². The van der Waals surface area contributed by atoms with E-state index in [1.165, 1.54) is 116 Å². The molecule has 0 fully saturated rings. The molecule has 0 aromatic heterocycles. The van der Waals surface area contributed by atoms with Crippen molar-refractivity contribution in [1.82, 2.24) is 0 Å². The number of allylic oxidation sites excluding steroid dienone is 4. The summed E-state index contributed by atoms with van der Waals surface area (Å²) in [6, 6.07) is 0. The second-order valence-corrected chi connectivity index (χ2v) is 12.6. The lowest BCUT2D eigenvalue weighted by Crippen LogP contribution is -2.28. The van der Waals surface area contributed by atoms with Crippen LogP contribution in [-0.2, 0) is 19.1 Å². The first-order valence-corrected chi connectivity index (χ1v) is 18.9. The van der Waals surface area contributed by atoms with Crippen LogP contribution in [-0.4, -0.2) is 36.4 Å². The van der Waals surface area contributed by atoms with E-state index in [9.17, 15) is 14.7 Å². The molecule has 0 amide bonds. The normalized spacial score (nSPS) is 12.3. The first kappa shape index (κ1) is 42.4. The van der Waals surface area contributed by atoms with Gasteiger partial charge in [0.1, 0.15) is 6.61 Å². The summed E-state index contributed by atoms with van der Waals surface area (Å²) in [4.78, 5) is 24.2. The van der Waals surface area contributed by atoms with Crippen LogP contribution in [0.5, 0.6) is 0 Å². The van der Waals surface area contributed by atoms with Crippen LogP contribution in [0.25, 0.3) is 0 Å². The molecular formula is C39H72O5. The van der Waals surface area contributed by atoms with E-state index in [2.05, 4.69) is 38.2 Å². The third kappa shape index (κ3) is 33.3. The number of carbonyl (C=O) groups excluding carboxylic acids is 2. The monoisotopic (exact) mass is 621 g/mol. The van der Waals surface area contributed by atoms with E-state index in [4.69, 9.17) is 9.47 Å². The van der Waals surface area contributed by atoms with E-state index >= 15 is 0 Å². The molecular weight excluding hydrogens is 548 g/mol. The van der Waals surface area contributed by atoms with E-state index in [0.29, 0.717) is 12.8 Å². The molecule has 0 aliphatic carbocycles. The Morgan fingerprint density at radius 1 is 0.500 bits per heavy atom. The number of ether oxygens (including phenoxy) is 2. The smallest absolute Gasteiger partial charge is 0.306 e. The van der Waals surface area contributed by atoms with E-state index in [1.807, 2.05) is 0 Å².